The molecule has 0 aromatic heterocycles. The van der Waals surface area contributed by atoms with Crippen LogP contribution >= 0.6 is 11.6 Å². The summed E-state index contributed by atoms with van der Waals surface area (Å²) in [4.78, 5) is 2.24. The molecule has 17 heavy (non-hydrogen) atoms. The average Bonchev–Trinajstić information content (AvgIpc) is 2.96. The van der Waals surface area contributed by atoms with Crippen LogP contribution in [0.25, 0.3) is 0 Å². The van der Waals surface area contributed by atoms with Gasteiger partial charge in [-0.1, -0.05) is 17.7 Å². The number of anilines is 1. The molecule has 2 aliphatic rings. The summed E-state index contributed by atoms with van der Waals surface area (Å²) in [6.07, 6.45) is 1.33. The van der Waals surface area contributed by atoms with Crippen molar-refractivity contribution in [3.63, 3.8) is 0 Å². The van der Waals surface area contributed by atoms with Crippen LogP contribution in [0.1, 0.15) is 17.5 Å². The maximum absolute atomic E-state index is 9.21. The van der Waals surface area contributed by atoms with Crippen LogP contribution in [0.4, 0.5) is 5.69 Å². The Labute approximate surface area is 105 Å². The molecule has 0 spiro atoms. The second kappa shape index (κ2) is 3.90. The summed E-state index contributed by atoms with van der Waals surface area (Å²) in [6.45, 7) is 1.95. The van der Waals surface area contributed by atoms with E-state index in [9.17, 15) is 5.26 Å². The van der Waals surface area contributed by atoms with Crippen molar-refractivity contribution in [1.29, 1.82) is 5.26 Å². The van der Waals surface area contributed by atoms with Crippen molar-refractivity contribution in [2.75, 3.05) is 18.0 Å². The lowest BCUT2D eigenvalue weighted by molar-refractivity contribution is 0.282. The Morgan fingerprint density at radius 1 is 1.41 bits per heavy atom. The van der Waals surface area contributed by atoms with E-state index in [1.165, 1.54) is 6.42 Å². The monoisotopic (exact) mass is 248 g/mol. The Hall–Kier alpha value is -1.24. The maximum atomic E-state index is 9.21. The molecule has 1 saturated heterocycles. The molecule has 0 amide bonds. The summed E-state index contributed by atoms with van der Waals surface area (Å²) in [6, 6.07) is 5.87. The number of aliphatic hydroxyl groups is 1. The van der Waals surface area contributed by atoms with E-state index in [0.717, 1.165) is 30.6 Å². The number of aliphatic hydroxyl groups excluding tert-OH is 1. The lowest BCUT2D eigenvalue weighted by Crippen LogP contribution is -2.23. The molecule has 1 aliphatic carbocycles. The molecule has 0 bridgehead atoms. The SMILES string of the molecule is N#Cc1c(N2CC3CC3C2)ccc(CO)c1Cl. The first-order valence-electron chi connectivity index (χ1n) is 5.82. The zero-order valence-electron chi connectivity index (χ0n) is 9.36. The second-order valence-corrected chi connectivity index (χ2v) is 5.24. The van der Waals surface area contributed by atoms with Gasteiger partial charge in [-0.05, 0) is 29.9 Å². The molecule has 0 radical (unpaired) electrons. The van der Waals surface area contributed by atoms with Crippen LogP contribution in [0.15, 0.2) is 12.1 Å². The fraction of sp³-hybridized carbons (Fsp3) is 0.462. The normalized spacial score (nSPS) is 25.6. The highest BCUT2D eigenvalue weighted by molar-refractivity contribution is 6.33. The molecule has 3 rings (SSSR count). The quantitative estimate of drug-likeness (QED) is 0.873. The molecule has 4 heteroatoms. The standard InChI is InChI=1S/C13H13ClN2O/c14-13-8(7-17)1-2-12(11(13)4-15)16-5-9-3-10(9)6-16/h1-2,9-10,17H,3,5-7H2. The van der Waals surface area contributed by atoms with E-state index in [0.29, 0.717) is 16.1 Å². The molecule has 1 heterocycles. The van der Waals surface area contributed by atoms with E-state index in [4.69, 9.17) is 16.7 Å². The lowest BCUT2D eigenvalue weighted by atomic mass is 10.1. The molecule has 1 saturated carbocycles. The molecule has 2 atom stereocenters. The highest BCUT2D eigenvalue weighted by Crippen LogP contribution is 2.47. The van der Waals surface area contributed by atoms with Crippen molar-refractivity contribution >= 4 is 17.3 Å². The van der Waals surface area contributed by atoms with Crippen LogP contribution in [0, 0.1) is 23.2 Å². The van der Waals surface area contributed by atoms with E-state index < -0.39 is 0 Å². The van der Waals surface area contributed by atoms with Gasteiger partial charge in [0.05, 0.1) is 22.9 Å². The Morgan fingerprint density at radius 3 is 2.71 bits per heavy atom. The first-order chi connectivity index (χ1) is 8.24. The number of hydrogen-bond acceptors (Lipinski definition) is 3. The van der Waals surface area contributed by atoms with Crippen molar-refractivity contribution in [3.05, 3.63) is 28.3 Å². The van der Waals surface area contributed by atoms with Gasteiger partial charge < -0.3 is 10.0 Å². The van der Waals surface area contributed by atoms with Crippen molar-refractivity contribution in [2.24, 2.45) is 11.8 Å². The molecule has 1 aromatic carbocycles. The Bertz CT molecular complexity index is 499. The van der Waals surface area contributed by atoms with E-state index in [1.807, 2.05) is 12.1 Å². The number of fused-ring (bicyclic) bond motifs is 1. The summed E-state index contributed by atoms with van der Waals surface area (Å²) in [5, 5.41) is 18.7. The smallest absolute Gasteiger partial charge is 0.103 e. The topological polar surface area (TPSA) is 47.3 Å². The fourth-order valence-electron chi connectivity index (χ4n) is 2.70. The first-order valence-corrected chi connectivity index (χ1v) is 6.19. The van der Waals surface area contributed by atoms with Gasteiger partial charge in [-0.15, -0.1) is 0 Å². The Morgan fingerprint density at radius 2 is 2.12 bits per heavy atom. The third-order valence-electron chi connectivity index (χ3n) is 3.80. The van der Waals surface area contributed by atoms with Crippen LogP contribution in [-0.2, 0) is 6.61 Å². The van der Waals surface area contributed by atoms with Crippen LogP contribution < -0.4 is 4.90 Å². The number of halogens is 1. The second-order valence-electron chi connectivity index (χ2n) is 4.86. The first kappa shape index (κ1) is 10.9. The minimum atomic E-state index is -0.126. The third-order valence-corrected chi connectivity index (χ3v) is 4.23. The molecular weight excluding hydrogens is 236 g/mol. The number of rotatable bonds is 2. The van der Waals surface area contributed by atoms with Crippen LogP contribution in [-0.4, -0.2) is 18.2 Å². The predicted octanol–water partition coefficient (Wildman–Crippen LogP) is 2.16. The lowest BCUT2D eigenvalue weighted by Gasteiger charge is -2.22. The van der Waals surface area contributed by atoms with E-state index in [-0.39, 0.29) is 6.61 Å². The maximum Gasteiger partial charge on any atom is 0.103 e. The van der Waals surface area contributed by atoms with Gasteiger partial charge in [0.25, 0.3) is 0 Å². The molecule has 2 fully saturated rings. The van der Waals surface area contributed by atoms with Gasteiger partial charge in [0.2, 0.25) is 0 Å². The van der Waals surface area contributed by atoms with Crippen LogP contribution in [0.3, 0.4) is 0 Å². The largest absolute Gasteiger partial charge is 0.392 e. The number of benzene rings is 1. The molecule has 3 nitrogen and oxygen atoms in total. The molecular formula is C13H13ClN2O. The summed E-state index contributed by atoms with van der Waals surface area (Å²) in [7, 11) is 0. The average molecular weight is 249 g/mol. The van der Waals surface area contributed by atoms with Gasteiger partial charge in [-0.2, -0.15) is 5.26 Å². The Balaban J connectivity index is 1.99. The molecule has 1 aromatic rings. The summed E-state index contributed by atoms with van der Waals surface area (Å²) in [5.41, 5.74) is 2.04. The highest BCUT2D eigenvalue weighted by atomic mass is 35.5. The Kier molecular flexibility index (Phi) is 2.50. The van der Waals surface area contributed by atoms with E-state index in [2.05, 4.69) is 11.0 Å². The fourth-order valence-corrected chi connectivity index (χ4v) is 2.96. The zero-order chi connectivity index (χ0) is 12.0. The number of nitrogens with zero attached hydrogens (tertiary/aromatic N) is 2. The zero-order valence-corrected chi connectivity index (χ0v) is 10.1. The van der Waals surface area contributed by atoms with Crippen LogP contribution in [0.5, 0.6) is 0 Å². The van der Waals surface area contributed by atoms with Crippen molar-refractivity contribution in [1.82, 2.24) is 0 Å². The molecule has 1 N–H and O–H groups in total. The van der Waals surface area contributed by atoms with Gasteiger partial charge >= 0.3 is 0 Å². The van der Waals surface area contributed by atoms with Gasteiger partial charge in [0, 0.05) is 13.1 Å². The van der Waals surface area contributed by atoms with Crippen LogP contribution in [0.2, 0.25) is 5.02 Å². The van der Waals surface area contributed by atoms with Gasteiger partial charge in [-0.3, -0.25) is 0 Å². The predicted molar refractivity (Wildman–Crippen MR) is 65.9 cm³/mol. The summed E-state index contributed by atoms with van der Waals surface area (Å²) in [5.74, 6) is 1.63. The number of hydrogen-bond donors (Lipinski definition) is 1. The van der Waals surface area contributed by atoms with Crippen molar-refractivity contribution in [3.8, 4) is 6.07 Å². The summed E-state index contributed by atoms with van der Waals surface area (Å²) < 4.78 is 0. The highest BCUT2D eigenvalue weighted by Gasteiger charge is 2.45. The molecule has 2 unspecified atom stereocenters. The minimum absolute atomic E-state index is 0.126. The van der Waals surface area contributed by atoms with Gasteiger partial charge in [0.1, 0.15) is 6.07 Å². The third kappa shape index (κ3) is 1.69. The van der Waals surface area contributed by atoms with Gasteiger partial charge in [0.15, 0.2) is 0 Å². The minimum Gasteiger partial charge on any atom is -0.392 e. The van der Waals surface area contributed by atoms with E-state index >= 15 is 0 Å². The van der Waals surface area contributed by atoms with Crippen molar-refractivity contribution in [2.45, 2.75) is 13.0 Å². The summed E-state index contributed by atoms with van der Waals surface area (Å²) >= 11 is 6.13. The number of piperidine rings is 1. The van der Waals surface area contributed by atoms with Gasteiger partial charge in [-0.25, -0.2) is 0 Å². The van der Waals surface area contributed by atoms with Crippen molar-refractivity contribution < 1.29 is 5.11 Å². The van der Waals surface area contributed by atoms with E-state index in [1.54, 1.807) is 0 Å². The molecule has 1 aliphatic heterocycles. The molecule has 88 valence electrons. The number of nitriles is 1.